The van der Waals surface area contributed by atoms with Gasteiger partial charge in [-0.05, 0) is 24.3 Å². The molecule has 0 atom stereocenters. The lowest BCUT2D eigenvalue weighted by Gasteiger charge is -2.03. The molecule has 0 aliphatic heterocycles. The van der Waals surface area contributed by atoms with Gasteiger partial charge in [0.05, 0.1) is 5.69 Å². The van der Waals surface area contributed by atoms with Gasteiger partial charge in [-0.3, -0.25) is 9.78 Å². The van der Waals surface area contributed by atoms with Crippen LogP contribution in [0.3, 0.4) is 0 Å². The van der Waals surface area contributed by atoms with E-state index < -0.39 is 0 Å². The molecule has 20 heavy (non-hydrogen) atoms. The number of carbonyl (C=O) groups is 1. The number of hydrogen-bond acceptors (Lipinski definition) is 3. The Labute approximate surface area is 116 Å². The third-order valence-electron chi connectivity index (χ3n) is 3.02. The van der Waals surface area contributed by atoms with Crippen LogP contribution in [0, 0.1) is 0 Å². The number of pyridine rings is 2. The molecule has 3 aromatic heterocycles. The summed E-state index contributed by atoms with van der Waals surface area (Å²) in [4.78, 5) is 20.2. The molecule has 0 spiro atoms. The largest absolute Gasteiger partial charge is 0.352 e. The highest BCUT2D eigenvalue weighted by Crippen LogP contribution is 2.04. The molecular formula is C15H14N4O. The van der Waals surface area contributed by atoms with E-state index in [2.05, 4.69) is 15.3 Å². The highest BCUT2D eigenvalue weighted by molar-refractivity contribution is 5.93. The van der Waals surface area contributed by atoms with E-state index >= 15 is 0 Å². The minimum absolute atomic E-state index is 0.0869. The van der Waals surface area contributed by atoms with Gasteiger partial charge in [-0.15, -0.1) is 0 Å². The van der Waals surface area contributed by atoms with E-state index in [1.807, 2.05) is 35.0 Å². The van der Waals surface area contributed by atoms with Crippen molar-refractivity contribution in [3.8, 4) is 0 Å². The number of hydrogen-bond donors (Lipinski definition) is 1. The number of aromatic nitrogens is 3. The molecule has 0 unspecified atom stereocenters. The second kappa shape index (κ2) is 5.52. The monoisotopic (exact) mass is 266 g/mol. The zero-order valence-corrected chi connectivity index (χ0v) is 10.9. The molecule has 0 saturated carbocycles. The van der Waals surface area contributed by atoms with Gasteiger partial charge in [-0.2, -0.15) is 0 Å². The van der Waals surface area contributed by atoms with Crippen LogP contribution < -0.4 is 5.32 Å². The Kier molecular flexibility index (Phi) is 3.41. The van der Waals surface area contributed by atoms with Crippen LogP contribution in [0.15, 0.2) is 55.1 Å². The molecule has 0 aliphatic carbocycles. The van der Waals surface area contributed by atoms with Crippen molar-refractivity contribution in [2.75, 3.05) is 6.54 Å². The fraction of sp³-hybridized carbons (Fsp3) is 0.133. The van der Waals surface area contributed by atoms with Crippen LogP contribution in [0.2, 0.25) is 0 Å². The minimum atomic E-state index is -0.0869. The quantitative estimate of drug-likeness (QED) is 0.782. The van der Waals surface area contributed by atoms with Crippen molar-refractivity contribution in [3.05, 3.63) is 66.4 Å². The summed E-state index contributed by atoms with van der Waals surface area (Å²) >= 11 is 0. The summed E-state index contributed by atoms with van der Waals surface area (Å²) < 4.78 is 1.97. The summed E-state index contributed by atoms with van der Waals surface area (Å²) in [6, 6.07) is 9.26. The van der Waals surface area contributed by atoms with Crippen molar-refractivity contribution in [1.82, 2.24) is 19.7 Å². The van der Waals surface area contributed by atoms with Gasteiger partial charge in [0, 0.05) is 43.3 Å². The molecule has 0 fully saturated rings. The third kappa shape index (κ3) is 2.66. The van der Waals surface area contributed by atoms with Gasteiger partial charge in [-0.25, -0.2) is 4.98 Å². The number of fused-ring (bicyclic) bond motifs is 1. The molecule has 3 aromatic rings. The van der Waals surface area contributed by atoms with Crippen LogP contribution in [0.5, 0.6) is 0 Å². The van der Waals surface area contributed by atoms with Crippen LogP contribution in [-0.2, 0) is 6.42 Å². The summed E-state index contributed by atoms with van der Waals surface area (Å²) in [5.74, 6) is -0.0869. The Balaban J connectivity index is 1.58. The van der Waals surface area contributed by atoms with Crippen LogP contribution in [0.4, 0.5) is 0 Å². The lowest BCUT2D eigenvalue weighted by Crippen LogP contribution is -2.25. The van der Waals surface area contributed by atoms with Crippen LogP contribution in [0.25, 0.3) is 5.65 Å². The molecule has 5 heteroatoms. The maximum Gasteiger partial charge on any atom is 0.251 e. The number of imidazole rings is 1. The highest BCUT2D eigenvalue weighted by atomic mass is 16.1. The fourth-order valence-electron chi connectivity index (χ4n) is 2.02. The minimum Gasteiger partial charge on any atom is -0.352 e. The van der Waals surface area contributed by atoms with Crippen molar-refractivity contribution in [2.45, 2.75) is 6.42 Å². The molecule has 1 amide bonds. The zero-order valence-electron chi connectivity index (χ0n) is 10.9. The molecule has 0 radical (unpaired) electrons. The van der Waals surface area contributed by atoms with E-state index in [0.29, 0.717) is 18.5 Å². The van der Waals surface area contributed by atoms with E-state index in [1.165, 1.54) is 0 Å². The van der Waals surface area contributed by atoms with Crippen molar-refractivity contribution in [3.63, 3.8) is 0 Å². The molecule has 100 valence electrons. The summed E-state index contributed by atoms with van der Waals surface area (Å²) in [5.41, 5.74) is 2.50. The maximum absolute atomic E-state index is 11.8. The number of amides is 1. The summed E-state index contributed by atoms with van der Waals surface area (Å²) in [6.45, 7) is 0.561. The van der Waals surface area contributed by atoms with E-state index in [0.717, 1.165) is 11.3 Å². The zero-order chi connectivity index (χ0) is 13.8. The second-order valence-electron chi connectivity index (χ2n) is 4.44. The SMILES string of the molecule is O=C(NCCc1cn2ccccc2n1)c1ccncc1. The standard InChI is InChI=1S/C15H14N4O/c20-15(12-4-7-16-8-5-12)17-9-6-13-11-19-10-2-1-3-14(19)18-13/h1-5,7-8,10-11H,6,9H2,(H,17,20). The Bertz CT molecular complexity index is 688. The molecule has 0 aliphatic rings. The first-order chi connectivity index (χ1) is 9.83. The summed E-state index contributed by atoms with van der Waals surface area (Å²) in [5, 5.41) is 2.88. The van der Waals surface area contributed by atoms with Gasteiger partial charge in [0.15, 0.2) is 0 Å². The Morgan fingerprint density at radius 1 is 1.20 bits per heavy atom. The molecule has 3 rings (SSSR count). The first-order valence-corrected chi connectivity index (χ1v) is 6.44. The van der Waals surface area contributed by atoms with E-state index in [1.54, 1.807) is 24.5 Å². The predicted molar refractivity (Wildman–Crippen MR) is 75.5 cm³/mol. The molecular weight excluding hydrogens is 252 g/mol. The third-order valence-corrected chi connectivity index (χ3v) is 3.02. The smallest absolute Gasteiger partial charge is 0.251 e. The Morgan fingerprint density at radius 2 is 2.05 bits per heavy atom. The van der Waals surface area contributed by atoms with E-state index in [4.69, 9.17) is 0 Å². The van der Waals surface area contributed by atoms with Crippen LogP contribution >= 0.6 is 0 Å². The summed E-state index contributed by atoms with van der Waals surface area (Å²) in [6.07, 6.45) is 7.86. The predicted octanol–water partition coefficient (Wildman–Crippen LogP) is 1.70. The first kappa shape index (κ1) is 12.3. The van der Waals surface area contributed by atoms with Crippen molar-refractivity contribution >= 4 is 11.6 Å². The molecule has 1 N–H and O–H groups in total. The lowest BCUT2D eigenvalue weighted by atomic mass is 10.2. The van der Waals surface area contributed by atoms with Crippen LogP contribution in [-0.4, -0.2) is 26.8 Å². The Morgan fingerprint density at radius 3 is 2.85 bits per heavy atom. The van der Waals surface area contributed by atoms with E-state index in [-0.39, 0.29) is 5.91 Å². The van der Waals surface area contributed by atoms with Crippen LogP contribution in [0.1, 0.15) is 16.1 Å². The number of nitrogens with one attached hydrogen (secondary N) is 1. The second-order valence-corrected chi connectivity index (χ2v) is 4.44. The first-order valence-electron chi connectivity index (χ1n) is 6.44. The topological polar surface area (TPSA) is 59.3 Å². The average molecular weight is 266 g/mol. The number of carbonyl (C=O) groups excluding carboxylic acids is 1. The molecule has 0 aromatic carbocycles. The number of nitrogens with zero attached hydrogens (tertiary/aromatic N) is 3. The molecule has 0 bridgehead atoms. The van der Waals surface area contributed by atoms with Gasteiger partial charge >= 0.3 is 0 Å². The normalized spacial score (nSPS) is 10.6. The number of rotatable bonds is 4. The van der Waals surface area contributed by atoms with Crippen molar-refractivity contribution in [2.24, 2.45) is 0 Å². The molecule has 3 heterocycles. The maximum atomic E-state index is 11.8. The molecule has 0 saturated heterocycles. The van der Waals surface area contributed by atoms with Crippen molar-refractivity contribution in [1.29, 1.82) is 0 Å². The fourth-order valence-corrected chi connectivity index (χ4v) is 2.02. The summed E-state index contributed by atoms with van der Waals surface area (Å²) in [7, 11) is 0. The van der Waals surface area contributed by atoms with Gasteiger partial charge in [0.1, 0.15) is 5.65 Å². The van der Waals surface area contributed by atoms with Gasteiger partial charge in [0.2, 0.25) is 0 Å². The highest BCUT2D eigenvalue weighted by Gasteiger charge is 2.05. The van der Waals surface area contributed by atoms with Gasteiger partial charge < -0.3 is 9.72 Å². The van der Waals surface area contributed by atoms with Gasteiger partial charge in [-0.1, -0.05) is 6.07 Å². The molecule has 5 nitrogen and oxygen atoms in total. The van der Waals surface area contributed by atoms with E-state index in [9.17, 15) is 4.79 Å². The van der Waals surface area contributed by atoms with Gasteiger partial charge in [0.25, 0.3) is 5.91 Å². The lowest BCUT2D eigenvalue weighted by molar-refractivity contribution is 0.0954. The Hall–Kier alpha value is -2.69. The average Bonchev–Trinajstić information content (AvgIpc) is 2.90. The van der Waals surface area contributed by atoms with Crippen molar-refractivity contribution < 1.29 is 4.79 Å².